The van der Waals surface area contributed by atoms with Gasteiger partial charge < -0.3 is 20.4 Å². The molecule has 0 fully saturated rings. The molecule has 0 amide bonds. The average molecular weight is 236 g/mol. The SMILES string of the molecule is CCC(O)C(C)CO.CCC(O)C(C)CO. The molecule has 16 heavy (non-hydrogen) atoms. The van der Waals surface area contributed by atoms with E-state index < -0.39 is 0 Å². The van der Waals surface area contributed by atoms with Gasteiger partial charge in [0.05, 0.1) is 12.2 Å². The van der Waals surface area contributed by atoms with Crippen LogP contribution in [0.3, 0.4) is 0 Å². The van der Waals surface area contributed by atoms with Gasteiger partial charge in [-0.3, -0.25) is 0 Å². The first kappa shape index (κ1) is 18.2. The van der Waals surface area contributed by atoms with Crippen molar-refractivity contribution >= 4 is 0 Å². The summed E-state index contributed by atoms with van der Waals surface area (Å²) in [5.41, 5.74) is 0. The summed E-state index contributed by atoms with van der Waals surface area (Å²) in [5, 5.41) is 34.9. The Morgan fingerprint density at radius 1 is 0.750 bits per heavy atom. The van der Waals surface area contributed by atoms with Crippen LogP contribution in [0.15, 0.2) is 0 Å². The van der Waals surface area contributed by atoms with Crippen LogP contribution in [-0.4, -0.2) is 45.8 Å². The van der Waals surface area contributed by atoms with Crippen molar-refractivity contribution in [3.63, 3.8) is 0 Å². The lowest BCUT2D eigenvalue weighted by Crippen LogP contribution is -2.19. The number of hydrogen-bond donors (Lipinski definition) is 4. The van der Waals surface area contributed by atoms with Crippen LogP contribution in [0.25, 0.3) is 0 Å². The Kier molecular flexibility index (Phi) is 12.9. The molecule has 4 heteroatoms. The van der Waals surface area contributed by atoms with Gasteiger partial charge in [-0.05, 0) is 12.8 Å². The van der Waals surface area contributed by atoms with Crippen LogP contribution in [-0.2, 0) is 0 Å². The van der Waals surface area contributed by atoms with Gasteiger partial charge in [-0.15, -0.1) is 0 Å². The lowest BCUT2D eigenvalue weighted by molar-refractivity contribution is 0.0740. The summed E-state index contributed by atoms with van der Waals surface area (Å²) in [6.07, 6.45) is 0.781. The van der Waals surface area contributed by atoms with E-state index in [1.54, 1.807) is 0 Å². The lowest BCUT2D eigenvalue weighted by atomic mass is 10.0. The van der Waals surface area contributed by atoms with Gasteiger partial charge in [0, 0.05) is 25.0 Å². The maximum Gasteiger partial charge on any atom is 0.0585 e. The van der Waals surface area contributed by atoms with Gasteiger partial charge in [-0.25, -0.2) is 0 Å². The van der Waals surface area contributed by atoms with E-state index in [2.05, 4.69) is 0 Å². The van der Waals surface area contributed by atoms with Gasteiger partial charge in [0.15, 0.2) is 0 Å². The zero-order valence-corrected chi connectivity index (χ0v) is 10.9. The van der Waals surface area contributed by atoms with E-state index in [1.807, 2.05) is 27.7 Å². The monoisotopic (exact) mass is 236 g/mol. The molecule has 4 unspecified atom stereocenters. The molecule has 4 N–H and O–H groups in total. The minimum absolute atomic E-state index is 0.0278. The zero-order valence-electron chi connectivity index (χ0n) is 10.9. The summed E-state index contributed by atoms with van der Waals surface area (Å²) in [7, 11) is 0. The molecule has 0 saturated heterocycles. The van der Waals surface area contributed by atoms with E-state index in [1.165, 1.54) is 0 Å². The summed E-state index contributed by atoms with van der Waals surface area (Å²) in [5.74, 6) is 0.0556. The molecule has 0 rings (SSSR count). The Labute approximate surface area is 98.9 Å². The topological polar surface area (TPSA) is 80.9 Å². The quantitative estimate of drug-likeness (QED) is 0.549. The highest BCUT2D eigenvalue weighted by Gasteiger charge is 2.09. The normalized spacial score (nSPS) is 18.0. The highest BCUT2D eigenvalue weighted by molar-refractivity contribution is 4.60. The van der Waals surface area contributed by atoms with E-state index in [-0.39, 0.29) is 37.3 Å². The van der Waals surface area contributed by atoms with Gasteiger partial charge in [-0.1, -0.05) is 27.7 Å². The summed E-state index contributed by atoms with van der Waals surface area (Å²) < 4.78 is 0. The van der Waals surface area contributed by atoms with Crippen molar-refractivity contribution in [2.75, 3.05) is 13.2 Å². The van der Waals surface area contributed by atoms with Gasteiger partial charge in [-0.2, -0.15) is 0 Å². The fourth-order valence-corrected chi connectivity index (χ4v) is 1.05. The second-order valence-corrected chi connectivity index (χ2v) is 4.27. The molecule has 0 bridgehead atoms. The third kappa shape index (κ3) is 9.09. The standard InChI is InChI=1S/2C6H14O2/c2*1-3-6(8)5(2)4-7/h2*5-8H,3-4H2,1-2H3. The molecule has 0 radical (unpaired) electrons. The summed E-state index contributed by atoms with van der Waals surface area (Å²) in [4.78, 5) is 0. The van der Waals surface area contributed by atoms with E-state index in [9.17, 15) is 0 Å². The number of rotatable bonds is 6. The largest absolute Gasteiger partial charge is 0.396 e. The molecule has 100 valence electrons. The Balaban J connectivity index is 0. The van der Waals surface area contributed by atoms with Gasteiger partial charge >= 0.3 is 0 Å². The maximum atomic E-state index is 8.97. The molecule has 4 nitrogen and oxygen atoms in total. The molecule has 4 atom stereocenters. The second kappa shape index (κ2) is 11.3. The van der Waals surface area contributed by atoms with Crippen LogP contribution in [0.5, 0.6) is 0 Å². The summed E-state index contributed by atoms with van der Waals surface area (Å²) in [6, 6.07) is 0. The molecular formula is C12H28O4. The predicted octanol–water partition coefficient (Wildman–Crippen LogP) is 0.771. The van der Waals surface area contributed by atoms with Crippen molar-refractivity contribution in [2.24, 2.45) is 11.8 Å². The Morgan fingerprint density at radius 3 is 1.06 bits per heavy atom. The van der Waals surface area contributed by atoms with Crippen LogP contribution in [0.1, 0.15) is 40.5 Å². The van der Waals surface area contributed by atoms with Crippen LogP contribution in [0, 0.1) is 11.8 Å². The third-order valence-electron chi connectivity index (χ3n) is 2.73. The Morgan fingerprint density at radius 2 is 1.00 bits per heavy atom. The maximum absolute atomic E-state index is 8.97. The molecule has 0 aliphatic rings. The fourth-order valence-electron chi connectivity index (χ4n) is 1.05. The zero-order chi connectivity index (χ0) is 13.1. The molecule has 0 aliphatic heterocycles. The molecule has 0 saturated carbocycles. The minimum atomic E-state index is -0.333. The first-order valence-corrected chi connectivity index (χ1v) is 6.02. The van der Waals surface area contributed by atoms with Crippen molar-refractivity contribution in [3.8, 4) is 0 Å². The second-order valence-electron chi connectivity index (χ2n) is 4.27. The Hall–Kier alpha value is -0.160. The van der Waals surface area contributed by atoms with Crippen molar-refractivity contribution in [1.29, 1.82) is 0 Å². The Bertz CT molecular complexity index is 109. The molecule has 0 aromatic heterocycles. The van der Waals surface area contributed by atoms with Crippen molar-refractivity contribution in [1.82, 2.24) is 0 Å². The minimum Gasteiger partial charge on any atom is -0.396 e. The highest BCUT2D eigenvalue weighted by Crippen LogP contribution is 2.04. The van der Waals surface area contributed by atoms with Crippen LogP contribution < -0.4 is 0 Å². The van der Waals surface area contributed by atoms with Crippen molar-refractivity contribution in [3.05, 3.63) is 0 Å². The number of aliphatic hydroxyl groups excluding tert-OH is 4. The molecule has 0 heterocycles. The van der Waals surface area contributed by atoms with Crippen LogP contribution >= 0.6 is 0 Å². The molecular weight excluding hydrogens is 208 g/mol. The first-order valence-electron chi connectivity index (χ1n) is 6.02. The van der Waals surface area contributed by atoms with E-state index >= 15 is 0 Å². The number of hydrogen-bond acceptors (Lipinski definition) is 4. The van der Waals surface area contributed by atoms with Crippen LogP contribution in [0.2, 0.25) is 0 Å². The van der Waals surface area contributed by atoms with E-state index in [0.717, 1.165) is 12.8 Å². The smallest absolute Gasteiger partial charge is 0.0585 e. The molecule has 0 spiro atoms. The van der Waals surface area contributed by atoms with Crippen molar-refractivity contribution in [2.45, 2.75) is 52.7 Å². The molecule has 0 aliphatic carbocycles. The average Bonchev–Trinajstić information content (AvgIpc) is 2.35. The third-order valence-corrected chi connectivity index (χ3v) is 2.73. The lowest BCUT2D eigenvalue weighted by Gasteiger charge is -2.12. The molecule has 0 aromatic carbocycles. The van der Waals surface area contributed by atoms with E-state index in [0.29, 0.717) is 0 Å². The summed E-state index contributed by atoms with van der Waals surface area (Å²) >= 11 is 0. The van der Waals surface area contributed by atoms with Gasteiger partial charge in [0.1, 0.15) is 0 Å². The van der Waals surface area contributed by atoms with E-state index in [4.69, 9.17) is 20.4 Å². The highest BCUT2D eigenvalue weighted by atomic mass is 16.3. The molecule has 0 aromatic rings. The number of aliphatic hydroxyl groups is 4. The van der Waals surface area contributed by atoms with Gasteiger partial charge in [0.25, 0.3) is 0 Å². The summed E-state index contributed by atoms with van der Waals surface area (Å²) in [6.45, 7) is 7.61. The van der Waals surface area contributed by atoms with Crippen LogP contribution in [0.4, 0.5) is 0 Å². The first-order chi connectivity index (χ1) is 7.44. The predicted molar refractivity (Wildman–Crippen MR) is 65.1 cm³/mol. The van der Waals surface area contributed by atoms with Crippen molar-refractivity contribution < 1.29 is 20.4 Å². The fraction of sp³-hybridized carbons (Fsp3) is 1.00. The van der Waals surface area contributed by atoms with Gasteiger partial charge in [0.2, 0.25) is 0 Å².